The lowest BCUT2D eigenvalue weighted by Crippen LogP contribution is -2.50. The van der Waals surface area contributed by atoms with Crippen LogP contribution in [0.25, 0.3) is 0 Å². The third-order valence-corrected chi connectivity index (χ3v) is 9.51. The second-order valence-corrected chi connectivity index (χ2v) is 12.8. The van der Waals surface area contributed by atoms with Crippen LogP contribution in [0.15, 0.2) is 23.2 Å². The number of hydrogen-bond donors (Lipinski definition) is 0. The van der Waals surface area contributed by atoms with Crippen molar-refractivity contribution < 1.29 is 9.31 Å². The minimum Gasteiger partial charge on any atom is -0.478 e. The van der Waals surface area contributed by atoms with E-state index in [9.17, 15) is 0 Å². The first-order valence-electron chi connectivity index (χ1n) is 14.1. The summed E-state index contributed by atoms with van der Waals surface area (Å²) in [6.45, 7) is 13.3. The molecule has 0 aromatic heterocycles. The van der Waals surface area contributed by atoms with E-state index in [2.05, 4.69) is 61.7 Å². The molecule has 4 heteroatoms. The van der Waals surface area contributed by atoms with Gasteiger partial charge >= 0.3 is 0 Å². The Labute approximate surface area is 206 Å². The average molecular weight is 463 g/mol. The molecule has 0 saturated heterocycles. The summed E-state index contributed by atoms with van der Waals surface area (Å²) in [5, 5.41) is 0. The molecule has 1 aromatic rings. The van der Waals surface area contributed by atoms with Gasteiger partial charge in [-0.2, -0.15) is 0 Å². The number of hydrogen-bond acceptors (Lipinski definition) is 3. The lowest BCUT2D eigenvalue weighted by molar-refractivity contribution is -0.514. The molecule has 7 rings (SSSR count). The summed E-state index contributed by atoms with van der Waals surface area (Å²) in [4.78, 5) is 7.74. The topological polar surface area (TPSA) is 27.8 Å². The molecule has 4 fully saturated rings. The summed E-state index contributed by atoms with van der Waals surface area (Å²) in [5.74, 6) is 5.08. The first-order chi connectivity index (χ1) is 16.4. The predicted octanol–water partition coefficient (Wildman–Crippen LogP) is 6.20. The van der Waals surface area contributed by atoms with Crippen LogP contribution >= 0.6 is 0 Å². The van der Waals surface area contributed by atoms with E-state index < -0.39 is 0 Å². The van der Waals surface area contributed by atoms with Crippen LogP contribution in [0, 0.1) is 23.2 Å². The van der Waals surface area contributed by atoms with Crippen molar-refractivity contribution in [3.8, 4) is 0 Å². The van der Waals surface area contributed by atoms with Crippen molar-refractivity contribution >= 4 is 17.9 Å². The zero-order valence-corrected chi connectivity index (χ0v) is 21.8. The third kappa shape index (κ3) is 3.99. The van der Waals surface area contributed by atoms with Crippen molar-refractivity contribution in [2.45, 2.75) is 90.5 Å². The van der Waals surface area contributed by atoms with Gasteiger partial charge in [-0.25, -0.2) is 9.89 Å². The van der Waals surface area contributed by atoms with Crippen molar-refractivity contribution in [1.29, 1.82) is 0 Å². The normalized spacial score (nSPS) is 34.2. The summed E-state index contributed by atoms with van der Waals surface area (Å²) >= 11 is 0. The van der Waals surface area contributed by atoms with Crippen LogP contribution in [0.3, 0.4) is 0 Å². The molecule has 2 aliphatic heterocycles. The van der Waals surface area contributed by atoms with Crippen LogP contribution in [0.2, 0.25) is 0 Å². The van der Waals surface area contributed by atoms with E-state index in [1.807, 2.05) is 0 Å². The third-order valence-electron chi connectivity index (χ3n) is 9.51. The van der Waals surface area contributed by atoms with Gasteiger partial charge in [0.1, 0.15) is 25.4 Å². The standard InChI is InChI=1S/C30H44N3O/c1-20(2)26-6-5-7-27(21(3)4)28(26)33-11-10-32(19-33)9-8-25-18-34-29(31-25)30-15-22-12-23(16-30)14-24(13-22)17-30/h5-7,19-25H,8-18H2,1-4H3/q+1. The van der Waals surface area contributed by atoms with Crippen LogP contribution in [-0.4, -0.2) is 49.1 Å². The number of rotatable bonds is 7. The van der Waals surface area contributed by atoms with Gasteiger partial charge in [-0.3, -0.25) is 4.58 Å². The second kappa shape index (κ2) is 8.68. The molecule has 1 atom stereocenters. The largest absolute Gasteiger partial charge is 0.478 e. The van der Waals surface area contributed by atoms with Crippen LogP contribution in [-0.2, 0) is 4.74 Å². The van der Waals surface area contributed by atoms with E-state index in [0.717, 1.165) is 56.3 Å². The Morgan fingerprint density at radius 3 is 2.21 bits per heavy atom. The van der Waals surface area contributed by atoms with Crippen LogP contribution in [0.5, 0.6) is 0 Å². The van der Waals surface area contributed by atoms with Gasteiger partial charge in [-0.05, 0) is 68.1 Å². The smallest absolute Gasteiger partial charge is 0.239 e. The SMILES string of the molecule is CC(C)c1cccc(C(C)C)c1N1C=[N+](CCC2COC(C34CC5CC(CC(C5)C3)C4)=N2)CC1. The fourth-order valence-electron chi connectivity index (χ4n) is 8.27. The molecular formula is C30H44N3O+. The minimum absolute atomic E-state index is 0.313. The molecule has 0 N–H and O–H groups in total. The molecular weight excluding hydrogens is 418 g/mol. The number of aliphatic imine (C=N–C) groups is 1. The lowest BCUT2D eigenvalue weighted by atomic mass is 9.49. The first kappa shape index (κ1) is 22.6. The Balaban J connectivity index is 1.13. The quantitative estimate of drug-likeness (QED) is 0.451. The van der Waals surface area contributed by atoms with Gasteiger partial charge in [0.25, 0.3) is 0 Å². The molecule has 1 aromatic carbocycles. The van der Waals surface area contributed by atoms with Gasteiger partial charge in [0.2, 0.25) is 6.34 Å². The fraction of sp³-hybridized carbons (Fsp3) is 0.733. The van der Waals surface area contributed by atoms with Gasteiger partial charge in [-0.1, -0.05) is 45.9 Å². The number of nitrogens with zero attached hydrogens (tertiary/aromatic N) is 3. The maximum atomic E-state index is 6.35. The van der Waals surface area contributed by atoms with Crippen molar-refractivity contribution in [2.24, 2.45) is 28.2 Å². The van der Waals surface area contributed by atoms with Gasteiger partial charge in [0.15, 0.2) is 5.90 Å². The number of anilines is 1. The molecule has 1 unspecified atom stereocenters. The van der Waals surface area contributed by atoms with Crippen LogP contribution in [0.1, 0.15) is 95.6 Å². The molecule has 0 spiro atoms. The predicted molar refractivity (Wildman–Crippen MR) is 140 cm³/mol. The summed E-state index contributed by atoms with van der Waals surface area (Å²) in [7, 11) is 0. The summed E-state index contributed by atoms with van der Waals surface area (Å²) < 4.78 is 8.86. The Morgan fingerprint density at radius 2 is 1.62 bits per heavy atom. The molecule has 6 aliphatic rings. The van der Waals surface area contributed by atoms with E-state index in [-0.39, 0.29) is 0 Å². The molecule has 4 saturated carbocycles. The monoisotopic (exact) mass is 462 g/mol. The van der Waals surface area contributed by atoms with E-state index in [0.29, 0.717) is 23.3 Å². The Morgan fingerprint density at radius 1 is 1.00 bits per heavy atom. The summed E-state index contributed by atoms with van der Waals surface area (Å²) in [5.41, 5.74) is 4.70. The van der Waals surface area contributed by atoms with Gasteiger partial charge in [-0.15, -0.1) is 0 Å². The van der Waals surface area contributed by atoms with Gasteiger partial charge < -0.3 is 4.74 Å². The molecule has 2 heterocycles. The van der Waals surface area contributed by atoms with Crippen molar-refractivity contribution in [3.63, 3.8) is 0 Å². The van der Waals surface area contributed by atoms with Crippen LogP contribution < -0.4 is 4.90 Å². The minimum atomic E-state index is 0.313. The Bertz CT molecular complexity index is 929. The fourth-order valence-corrected chi connectivity index (χ4v) is 8.27. The number of benzene rings is 1. The van der Waals surface area contributed by atoms with Crippen molar-refractivity contribution in [1.82, 2.24) is 0 Å². The van der Waals surface area contributed by atoms with Gasteiger partial charge in [0, 0.05) is 23.0 Å². The average Bonchev–Trinajstić information content (AvgIpc) is 3.46. The van der Waals surface area contributed by atoms with E-state index >= 15 is 0 Å². The molecule has 4 bridgehead atoms. The molecule has 0 radical (unpaired) electrons. The van der Waals surface area contributed by atoms with Gasteiger partial charge in [0.05, 0.1) is 12.6 Å². The van der Waals surface area contributed by atoms with Crippen molar-refractivity contribution in [2.75, 3.05) is 31.1 Å². The zero-order valence-electron chi connectivity index (χ0n) is 21.8. The highest BCUT2D eigenvalue weighted by atomic mass is 16.5. The summed E-state index contributed by atoms with van der Waals surface area (Å²) in [6.07, 6.45) is 12.0. The highest BCUT2D eigenvalue weighted by Gasteiger charge is 2.55. The van der Waals surface area contributed by atoms with Crippen LogP contribution in [0.4, 0.5) is 5.69 Å². The molecule has 4 aliphatic carbocycles. The summed E-state index contributed by atoms with van der Waals surface area (Å²) in [6, 6.07) is 7.22. The highest BCUT2D eigenvalue weighted by Crippen LogP contribution is 2.61. The Kier molecular flexibility index (Phi) is 5.77. The molecule has 34 heavy (non-hydrogen) atoms. The number of para-hydroxylation sites is 1. The second-order valence-electron chi connectivity index (χ2n) is 12.8. The molecule has 0 amide bonds. The molecule has 184 valence electrons. The zero-order chi connectivity index (χ0) is 23.4. The maximum Gasteiger partial charge on any atom is 0.239 e. The van der Waals surface area contributed by atoms with E-state index in [4.69, 9.17) is 9.73 Å². The van der Waals surface area contributed by atoms with Crippen molar-refractivity contribution in [3.05, 3.63) is 29.3 Å². The highest BCUT2D eigenvalue weighted by molar-refractivity contribution is 5.84. The Hall–Kier alpha value is -1.84. The number of ether oxygens (including phenoxy) is 1. The molecule has 4 nitrogen and oxygen atoms in total. The van der Waals surface area contributed by atoms with E-state index in [1.165, 1.54) is 55.3 Å². The maximum absolute atomic E-state index is 6.35. The first-order valence-corrected chi connectivity index (χ1v) is 14.1. The lowest BCUT2D eigenvalue weighted by Gasteiger charge is -2.56. The van der Waals surface area contributed by atoms with E-state index in [1.54, 1.807) is 0 Å².